The lowest BCUT2D eigenvalue weighted by molar-refractivity contribution is -0.118. The highest BCUT2D eigenvalue weighted by Crippen LogP contribution is 2.02. The number of aryl methyl sites for hydroxylation is 1. The van der Waals surface area contributed by atoms with E-state index in [9.17, 15) is 4.79 Å². The van der Waals surface area contributed by atoms with Gasteiger partial charge in [-0.25, -0.2) is 4.98 Å². The SMILES string of the molecule is Cc1cccc(NC(=O)CO)n1. The second-order valence-electron chi connectivity index (χ2n) is 2.37. The predicted molar refractivity (Wildman–Crippen MR) is 44.7 cm³/mol. The van der Waals surface area contributed by atoms with Crippen LogP contribution in [0, 0.1) is 6.92 Å². The first kappa shape index (κ1) is 8.67. The van der Waals surface area contributed by atoms with Gasteiger partial charge in [0.25, 0.3) is 5.91 Å². The summed E-state index contributed by atoms with van der Waals surface area (Å²) in [5.41, 5.74) is 0.825. The van der Waals surface area contributed by atoms with Gasteiger partial charge in [-0.05, 0) is 19.1 Å². The minimum atomic E-state index is -0.518. The molecular formula is C8H10N2O2. The molecule has 0 bridgehead atoms. The summed E-state index contributed by atoms with van der Waals surface area (Å²) in [5, 5.41) is 10.9. The molecule has 0 fully saturated rings. The molecule has 1 heterocycles. The number of carbonyl (C=O) groups excluding carboxylic acids is 1. The van der Waals surface area contributed by atoms with Gasteiger partial charge in [-0.15, -0.1) is 0 Å². The third kappa shape index (κ3) is 2.32. The summed E-state index contributed by atoms with van der Waals surface area (Å²) < 4.78 is 0. The summed E-state index contributed by atoms with van der Waals surface area (Å²) in [6, 6.07) is 5.28. The number of aliphatic hydroxyl groups is 1. The van der Waals surface area contributed by atoms with Gasteiger partial charge in [0.2, 0.25) is 0 Å². The Morgan fingerprint density at radius 3 is 3.00 bits per heavy atom. The Bertz CT molecular complexity index is 286. The maximum Gasteiger partial charge on any atom is 0.251 e. The average molecular weight is 166 g/mol. The number of nitrogens with zero attached hydrogens (tertiary/aromatic N) is 1. The molecule has 0 atom stereocenters. The number of aliphatic hydroxyl groups excluding tert-OH is 1. The van der Waals surface area contributed by atoms with Crippen LogP contribution in [0.15, 0.2) is 18.2 Å². The minimum Gasteiger partial charge on any atom is -0.387 e. The number of nitrogens with one attached hydrogen (secondary N) is 1. The molecule has 4 heteroatoms. The molecule has 0 aliphatic heterocycles. The number of rotatable bonds is 2. The van der Waals surface area contributed by atoms with Gasteiger partial charge in [-0.2, -0.15) is 0 Å². The van der Waals surface area contributed by atoms with E-state index < -0.39 is 12.5 Å². The molecule has 1 rings (SSSR count). The van der Waals surface area contributed by atoms with Crippen molar-refractivity contribution in [3.8, 4) is 0 Å². The quantitative estimate of drug-likeness (QED) is 0.665. The van der Waals surface area contributed by atoms with Gasteiger partial charge in [0, 0.05) is 5.69 Å². The Morgan fingerprint density at radius 1 is 1.67 bits per heavy atom. The maximum atomic E-state index is 10.7. The second-order valence-corrected chi connectivity index (χ2v) is 2.37. The van der Waals surface area contributed by atoms with Crippen LogP contribution < -0.4 is 5.32 Å². The number of pyridine rings is 1. The van der Waals surface area contributed by atoms with E-state index in [0.29, 0.717) is 5.82 Å². The van der Waals surface area contributed by atoms with Crippen molar-refractivity contribution >= 4 is 11.7 Å². The molecule has 1 amide bonds. The molecule has 0 saturated carbocycles. The first-order valence-electron chi connectivity index (χ1n) is 3.57. The van der Waals surface area contributed by atoms with Crippen LogP contribution in [-0.4, -0.2) is 22.6 Å². The Morgan fingerprint density at radius 2 is 2.42 bits per heavy atom. The van der Waals surface area contributed by atoms with Crippen LogP contribution in [0.2, 0.25) is 0 Å². The van der Waals surface area contributed by atoms with Gasteiger partial charge in [-0.3, -0.25) is 4.79 Å². The van der Waals surface area contributed by atoms with Gasteiger partial charge in [0.05, 0.1) is 0 Å². The van der Waals surface area contributed by atoms with E-state index in [0.717, 1.165) is 5.69 Å². The summed E-state index contributed by atoms with van der Waals surface area (Å²) in [5.74, 6) is 0.0159. The topological polar surface area (TPSA) is 62.2 Å². The zero-order chi connectivity index (χ0) is 8.97. The van der Waals surface area contributed by atoms with Gasteiger partial charge in [-0.1, -0.05) is 6.07 Å². The lowest BCUT2D eigenvalue weighted by atomic mass is 10.4. The van der Waals surface area contributed by atoms with E-state index in [2.05, 4.69) is 10.3 Å². The van der Waals surface area contributed by atoms with Crippen molar-refractivity contribution in [3.05, 3.63) is 23.9 Å². The first-order valence-corrected chi connectivity index (χ1v) is 3.57. The van der Waals surface area contributed by atoms with Crippen LogP contribution in [0.1, 0.15) is 5.69 Å². The monoisotopic (exact) mass is 166 g/mol. The summed E-state index contributed by atoms with van der Waals surface area (Å²) in [4.78, 5) is 14.7. The first-order chi connectivity index (χ1) is 5.72. The van der Waals surface area contributed by atoms with Gasteiger partial charge < -0.3 is 10.4 Å². The van der Waals surface area contributed by atoms with Gasteiger partial charge in [0.1, 0.15) is 12.4 Å². The summed E-state index contributed by atoms with van der Waals surface area (Å²) >= 11 is 0. The van der Waals surface area contributed by atoms with Crippen molar-refractivity contribution in [1.82, 2.24) is 4.98 Å². The normalized spacial score (nSPS) is 9.50. The molecule has 1 aromatic heterocycles. The number of hydrogen-bond donors (Lipinski definition) is 2. The maximum absolute atomic E-state index is 10.7. The lowest BCUT2D eigenvalue weighted by Crippen LogP contribution is -2.16. The summed E-state index contributed by atoms with van der Waals surface area (Å²) in [6.07, 6.45) is 0. The molecule has 4 nitrogen and oxygen atoms in total. The smallest absolute Gasteiger partial charge is 0.251 e. The highest BCUT2D eigenvalue weighted by Gasteiger charge is 1.99. The minimum absolute atomic E-state index is 0.451. The Labute approximate surface area is 70.3 Å². The van der Waals surface area contributed by atoms with Crippen molar-refractivity contribution in [2.24, 2.45) is 0 Å². The molecular weight excluding hydrogens is 156 g/mol. The molecule has 0 unspecified atom stereocenters. The molecule has 2 N–H and O–H groups in total. The lowest BCUT2D eigenvalue weighted by Gasteiger charge is -2.01. The van der Waals surface area contributed by atoms with Crippen LogP contribution >= 0.6 is 0 Å². The van der Waals surface area contributed by atoms with Crippen LogP contribution in [0.25, 0.3) is 0 Å². The zero-order valence-electron chi connectivity index (χ0n) is 6.74. The Balaban J connectivity index is 2.69. The van der Waals surface area contributed by atoms with E-state index in [4.69, 9.17) is 5.11 Å². The molecule has 0 spiro atoms. The third-order valence-electron chi connectivity index (χ3n) is 1.30. The molecule has 64 valence electrons. The number of aromatic nitrogens is 1. The van der Waals surface area contributed by atoms with Crippen LogP contribution in [0.5, 0.6) is 0 Å². The predicted octanol–water partition coefficient (Wildman–Crippen LogP) is 0.321. The molecule has 1 aromatic rings. The number of amides is 1. The van der Waals surface area contributed by atoms with E-state index in [1.54, 1.807) is 12.1 Å². The largest absolute Gasteiger partial charge is 0.387 e. The van der Waals surface area contributed by atoms with Crippen molar-refractivity contribution in [2.75, 3.05) is 11.9 Å². The van der Waals surface area contributed by atoms with Crippen molar-refractivity contribution in [2.45, 2.75) is 6.92 Å². The fourth-order valence-electron chi connectivity index (χ4n) is 0.795. The Hall–Kier alpha value is -1.42. The van der Waals surface area contributed by atoms with E-state index >= 15 is 0 Å². The van der Waals surface area contributed by atoms with Crippen LogP contribution in [0.4, 0.5) is 5.82 Å². The van der Waals surface area contributed by atoms with Crippen LogP contribution in [-0.2, 0) is 4.79 Å². The van der Waals surface area contributed by atoms with E-state index in [1.807, 2.05) is 13.0 Å². The fraction of sp³-hybridized carbons (Fsp3) is 0.250. The molecule has 0 aromatic carbocycles. The summed E-state index contributed by atoms with van der Waals surface area (Å²) in [7, 11) is 0. The number of carbonyl (C=O) groups is 1. The number of hydrogen-bond acceptors (Lipinski definition) is 3. The molecule has 12 heavy (non-hydrogen) atoms. The molecule has 0 aliphatic rings. The van der Waals surface area contributed by atoms with E-state index in [-0.39, 0.29) is 0 Å². The molecule has 0 radical (unpaired) electrons. The number of anilines is 1. The highest BCUT2D eigenvalue weighted by molar-refractivity contribution is 5.90. The summed E-state index contributed by atoms with van der Waals surface area (Å²) in [6.45, 7) is 1.31. The average Bonchev–Trinajstić information content (AvgIpc) is 2.04. The Kier molecular flexibility index (Phi) is 2.76. The third-order valence-corrected chi connectivity index (χ3v) is 1.30. The molecule has 0 saturated heterocycles. The standard InChI is InChI=1S/C8H10N2O2/c1-6-3-2-4-7(9-6)10-8(12)5-11/h2-4,11H,5H2,1H3,(H,9,10,12). The van der Waals surface area contributed by atoms with Crippen molar-refractivity contribution in [1.29, 1.82) is 0 Å². The van der Waals surface area contributed by atoms with Crippen LogP contribution in [0.3, 0.4) is 0 Å². The van der Waals surface area contributed by atoms with Crippen molar-refractivity contribution < 1.29 is 9.90 Å². The second kappa shape index (κ2) is 3.82. The highest BCUT2D eigenvalue weighted by atomic mass is 16.3. The zero-order valence-corrected chi connectivity index (χ0v) is 6.74. The van der Waals surface area contributed by atoms with E-state index in [1.165, 1.54) is 0 Å². The van der Waals surface area contributed by atoms with Crippen molar-refractivity contribution in [3.63, 3.8) is 0 Å². The van der Waals surface area contributed by atoms with Gasteiger partial charge >= 0.3 is 0 Å². The fourth-order valence-corrected chi connectivity index (χ4v) is 0.795. The van der Waals surface area contributed by atoms with Gasteiger partial charge in [0.15, 0.2) is 0 Å². The molecule has 0 aliphatic carbocycles.